The van der Waals surface area contributed by atoms with Crippen LogP contribution in [0.2, 0.25) is 5.02 Å². The molecule has 0 unspecified atom stereocenters. The van der Waals surface area contributed by atoms with Crippen LogP contribution in [0.1, 0.15) is 20.0 Å². The van der Waals surface area contributed by atoms with Gasteiger partial charge in [0.15, 0.2) is 4.80 Å². The van der Waals surface area contributed by atoms with E-state index in [0.29, 0.717) is 20.3 Å². The van der Waals surface area contributed by atoms with Crippen molar-refractivity contribution in [2.75, 3.05) is 7.11 Å². The molecule has 0 fully saturated rings. The van der Waals surface area contributed by atoms with E-state index >= 15 is 0 Å². The predicted molar refractivity (Wildman–Crippen MR) is 117 cm³/mol. The molecule has 144 valence electrons. The first-order chi connectivity index (χ1) is 14.0. The molecule has 8 heteroatoms. The number of carbonyl (C=O) groups excluding carboxylic acids is 2. The van der Waals surface area contributed by atoms with E-state index < -0.39 is 11.9 Å². The number of thiophene rings is 1. The second-order valence-electron chi connectivity index (χ2n) is 6.01. The van der Waals surface area contributed by atoms with Crippen molar-refractivity contribution in [1.82, 2.24) is 4.57 Å². The third kappa shape index (κ3) is 3.47. The lowest BCUT2D eigenvalue weighted by molar-refractivity contribution is 0.0601. The van der Waals surface area contributed by atoms with Crippen molar-refractivity contribution in [3.8, 4) is 12.3 Å². The van der Waals surface area contributed by atoms with E-state index in [1.807, 2.05) is 24.3 Å². The summed E-state index contributed by atoms with van der Waals surface area (Å²) in [4.78, 5) is 29.8. The molecule has 0 radical (unpaired) electrons. The van der Waals surface area contributed by atoms with Gasteiger partial charge < -0.3 is 9.30 Å². The van der Waals surface area contributed by atoms with E-state index in [1.54, 1.807) is 22.8 Å². The van der Waals surface area contributed by atoms with E-state index in [1.165, 1.54) is 29.8 Å². The zero-order valence-corrected chi connectivity index (χ0v) is 17.5. The SMILES string of the molecule is C#CCn1c(=NC(=O)c2sc3ccccc3c2Cl)sc2cc(C(=O)OC)ccc21. The highest BCUT2D eigenvalue weighted by Gasteiger charge is 2.17. The Morgan fingerprint density at radius 2 is 2.00 bits per heavy atom. The molecule has 0 aliphatic heterocycles. The first kappa shape index (κ1) is 19.4. The molecule has 0 atom stereocenters. The monoisotopic (exact) mass is 440 g/mol. The molecular weight excluding hydrogens is 428 g/mol. The number of halogens is 1. The molecule has 0 N–H and O–H groups in total. The maximum Gasteiger partial charge on any atom is 0.337 e. The number of hydrogen-bond acceptors (Lipinski definition) is 5. The van der Waals surface area contributed by atoms with Gasteiger partial charge in [-0.3, -0.25) is 4.79 Å². The summed E-state index contributed by atoms with van der Waals surface area (Å²) in [6.07, 6.45) is 5.51. The van der Waals surface area contributed by atoms with Gasteiger partial charge in [-0.25, -0.2) is 4.79 Å². The van der Waals surface area contributed by atoms with E-state index in [9.17, 15) is 9.59 Å². The summed E-state index contributed by atoms with van der Waals surface area (Å²) in [5, 5.41) is 1.23. The van der Waals surface area contributed by atoms with Crippen molar-refractivity contribution in [3.63, 3.8) is 0 Å². The largest absolute Gasteiger partial charge is 0.465 e. The van der Waals surface area contributed by atoms with Gasteiger partial charge in [0.05, 0.1) is 34.5 Å². The van der Waals surface area contributed by atoms with Crippen LogP contribution in [0.4, 0.5) is 0 Å². The lowest BCUT2D eigenvalue weighted by atomic mass is 10.2. The molecule has 4 rings (SSSR count). The van der Waals surface area contributed by atoms with Crippen molar-refractivity contribution >= 4 is 66.5 Å². The summed E-state index contributed by atoms with van der Waals surface area (Å²) >= 11 is 8.99. The smallest absolute Gasteiger partial charge is 0.337 e. The molecule has 0 saturated heterocycles. The van der Waals surface area contributed by atoms with Gasteiger partial charge in [0.2, 0.25) is 0 Å². The predicted octanol–water partition coefficient (Wildman–Crippen LogP) is 4.73. The molecule has 29 heavy (non-hydrogen) atoms. The number of thiazole rings is 1. The number of methoxy groups -OCH3 is 1. The minimum atomic E-state index is -0.435. The quantitative estimate of drug-likeness (QED) is 0.341. The average molecular weight is 441 g/mol. The van der Waals surface area contributed by atoms with E-state index in [2.05, 4.69) is 10.9 Å². The van der Waals surface area contributed by atoms with Crippen molar-refractivity contribution in [3.05, 3.63) is 62.7 Å². The summed E-state index contributed by atoms with van der Waals surface area (Å²) in [6.45, 7) is 0.240. The molecule has 4 aromatic rings. The zero-order valence-electron chi connectivity index (χ0n) is 15.1. The van der Waals surface area contributed by atoms with Crippen LogP contribution in [0.15, 0.2) is 47.5 Å². The third-order valence-corrected chi connectivity index (χ3v) is 6.98. The summed E-state index contributed by atoms with van der Waals surface area (Å²) < 4.78 is 8.23. The fourth-order valence-corrected chi connectivity index (χ4v) is 5.40. The number of amides is 1. The number of ether oxygens (including phenoxy) is 1. The van der Waals surface area contributed by atoms with Crippen LogP contribution in [0.3, 0.4) is 0 Å². The number of terminal acetylenes is 1. The van der Waals surface area contributed by atoms with Gasteiger partial charge in [-0.2, -0.15) is 4.99 Å². The van der Waals surface area contributed by atoms with Crippen LogP contribution in [-0.4, -0.2) is 23.6 Å². The zero-order chi connectivity index (χ0) is 20.5. The van der Waals surface area contributed by atoms with Gasteiger partial charge >= 0.3 is 5.97 Å². The van der Waals surface area contributed by atoms with Gasteiger partial charge in [0.25, 0.3) is 5.91 Å². The summed E-state index contributed by atoms with van der Waals surface area (Å²) in [7, 11) is 1.33. The van der Waals surface area contributed by atoms with Gasteiger partial charge in [-0.1, -0.05) is 47.1 Å². The highest BCUT2D eigenvalue weighted by molar-refractivity contribution is 7.21. The number of hydrogen-bond donors (Lipinski definition) is 0. The van der Waals surface area contributed by atoms with Crippen LogP contribution in [0.25, 0.3) is 20.3 Å². The van der Waals surface area contributed by atoms with Crippen LogP contribution in [0.5, 0.6) is 0 Å². The third-order valence-electron chi connectivity index (χ3n) is 4.28. The molecular formula is C21H13ClN2O3S2. The lowest BCUT2D eigenvalue weighted by Crippen LogP contribution is -2.16. The van der Waals surface area contributed by atoms with E-state index in [-0.39, 0.29) is 6.54 Å². The normalized spacial score (nSPS) is 11.7. The van der Waals surface area contributed by atoms with Gasteiger partial charge in [-0.15, -0.1) is 17.8 Å². The maximum absolute atomic E-state index is 12.9. The number of rotatable bonds is 3. The molecule has 0 saturated carbocycles. The van der Waals surface area contributed by atoms with Crippen molar-refractivity contribution in [2.45, 2.75) is 6.54 Å². The molecule has 1 amide bonds. The molecule has 2 heterocycles. The van der Waals surface area contributed by atoms with Crippen molar-refractivity contribution < 1.29 is 14.3 Å². The molecule has 2 aromatic carbocycles. The van der Waals surface area contributed by atoms with Crippen LogP contribution >= 0.6 is 34.3 Å². The summed E-state index contributed by atoms with van der Waals surface area (Å²) in [5.74, 6) is 1.72. The van der Waals surface area contributed by atoms with E-state index in [4.69, 9.17) is 22.8 Å². The molecule has 5 nitrogen and oxygen atoms in total. The number of nitrogens with zero attached hydrogens (tertiary/aromatic N) is 2. The van der Waals surface area contributed by atoms with Gasteiger partial charge in [0, 0.05) is 10.1 Å². The Labute approximate surface area is 178 Å². The fraction of sp³-hybridized carbons (Fsp3) is 0.0952. The molecule has 0 aliphatic carbocycles. The van der Waals surface area contributed by atoms with Crippen LogP contribution < -0.4 is 4.80 Å². The number of benzene rings is 2. The minimum Gasteiger partial charge on any atom is -0.465 e. The Balaban J connectivity index is 1.86. The number of aromatic nitrogens is 1. The Hall–Kier alpha value is -2.92. The maximum atomic E-state index is 12.9. The first-order valence-corrected chi connectivity index (χ1v) is 10.5. The Morgan fingerprint density at radius 1 is 1.21 bits per heavy atom. The number of carbonyl (C=O) groups is 2. The Bertz CT molecular complexity index is 1390. The second kappa shape index (κ2) is 7.84. The Kier molecular flexibility index (Phi) is 5.24. The average Bonchev–Trinajstić information content (AvgIpc) is 3.25. The highest BCUT2D eigenvalue weighted by Crippen LogP contribution is 2.35. The minimum absolute atomic E-state index is 0.240. The topological polar surface area (TPSA) is 60.7 Å². The summed E-state index contributed by atoms with van der Waals surface area (Å²) in [5.41, 5.74) is 1.20. The van der Waals surface area contributed by atoms with E-state index in [0.717, 1.165) is 20.3 Å². The molecule has 0 aliphatic rings. The fourth-order valence-electron chi connectivity index (χ4n) is 2.94. The highest BCUT2D eigenvalue weighted by atomic mass is 35.5. The van der Waals surface area contributed by atoms with Crippen molar-refractivity contribution in [1.29, 1.82) is 0 Å². The number of esters is 1. The Morgan fingerprint density at radius 3 is 2.72 bits per heavy atom. The van der Waals surface area contributed by atoms with Crippen LogP contribution in [-0.2, 0) is 11.3 Å². The summed E-state index contributed by atoms with van der Waals surface area (Å²) in [6, 6.07) is 12.7. The molecule has 2 aromatic heterocycles. The first-order valence-electron chi connectivity index (χ1n) is 8.44. The van der Waals surface area contributed by atoms with Crippen LogP contribution in [0, 0.1) is 12.3 Å². The second-order valence-corrected chi connectivity index (χ2v) is 8.45. The van der Waals surface area contributed by atoms with Gasteiger partial charge in [0.1, 0.15) is 4.88 Å². The number of fused-ring (bicyclic) bond motifs is 2. The molecule has 0 bridgehead atoms. The van der Waals surface area contributed by atoms with Gasteiger partial charge in [-0.05, 0) is 24.3 Å². The lowest BCUT2D eigenvalue weighted by Gasteiger charge is -2.01. The standard InChI is InChI=1S/C21H13ClN2O3S2/c1-3-10-24-14-9-8-12(20(26)27-2)11-16(14)29-21(24)23-19(25)18-17(22)13-6-4-5-7-15(13)28-18/h1,4-9,11H,10H2,2H3. The van der Waals surface area contributed by atoms with Crippen molar-refractivity contribution in [2.24, 2.45) is 4.99 Å². The molecule has 0 spiro atoms.